The molecule has 11 heteroatoms. The maximum atomic E-state index is 13.1. The number of likely N-dealkylation sites (N-methyl/N-ethyl adjacent to an activating group) is 1. The Morgan fingerprint density at radius 1 is 1.16 bits per heavy atom. The van der Waals surface area contributed by atoms with Gasteiger partial charge in [-0.3, -0.25) is 14.4 Å². The maximum absolute atomic E-state index is 13.1. The lowest BCUT2D eigenvalue weighted by atomic mass is 10.1. The SMILES string of the molecule is CNC(=O)[C@@H](C)N(Cc1ccc(Cl)cc1Cl)C(=O)CCN1C(=O)c2ccccc2S1(=O)=O. The van der Waals surface area contributed by atoms with Crippen LogP contribution in [0.25, 0.3) is 0 Å². The standard InChI is InChI=1S/C21H21Cl2N3O5S/c1-13(20(28)24-2)25(12-14-7-8-15(22)11-17(14)23)19(27)9-10-26-21(29)16-5-3-4-6-18(16)32(26,30)31/h3-8,11,13H,9-10,12H2,1-2H3,(H,24,28)/t13-/m1/s1. The normalized spacial score (nSPS) is 15.2. The van der Waals surface area contributed by atoms with Gasteiger partial charge in [0.05, 0.1) is 5.56 Å². The fraction of sp³-hybridized carbons (Fsp3) is 0.286. The Balaban J connectivity index is 1.81. The summed E-state index contributed by atoms with van der Waals surface area (Å²) in [7, 11) is -2.58. The zero-order valence-electron chi connectivity index (χ0n) is 17.3. The molecule has 0 aromatic heterocycles. The Hall–Kier alpha value is -2.62. The molecule has 1 aliphatic heterocycles. The monoisotopic (exact) mass is 497 g/mol. The van der Waals surface area contributed by atoms with Crippen molar-refractivity contribution in [1.29, 1.82) is 0 Å². The molecule has 2 aromatic carbocycles. The average Bonchev–Trinajstić information content (AvgIpc) is 2.96. The highest BCUT2D eigenvalue weighted by atomic mass is 35.5. The molecule has 0 spiro atoms. The smallest absolute Gasteiger partial charge is 0.269 e. The van der Waals surface area contributed by atoms with Crippen LogP contribution in [-0.2, 0) is 26.2 Å². The Morgan fingerprint density at radius 2 is 1.84 bits per heavy atom. The van der Waals surface area contributed by atoms with E-state index < -0.39 is 33.8 Å². The van der Waals surface area contributed by atoms with E-state index in [0.717, 1.165) is 0 Å². The van der Waals surface area contributed by atoms with Gasteiger partial charge in [-0.1, -0.05) is 41.4 Å². The van der Waals surface area contributed by atoms with E-state index in [-0.39, 0.29) is 30.0 Å². The lowest BCUT2D eigenvalue weighted by molar-refractivity contribution is -0.140. The number of sulfonamides is 1. The molecule has 2 aromatic rings. The summed E-state index contributed by atoms with van der Waals surface area (Å²) in [5, 5.41) is 3.24. The highest BCUT2D eigenvalue weighted by Gasteiger charge is 2.41. The summed E-state index contributed by atoms with van der Waals surface area (Å²) in [5.74, 6) is -1.59. The van der Waals surface area contributed by atoms with Crippen molar-refractivity contribution < 1.29 is 22.8 Å². The number of benzene rings is 2. The van der Waals surface area contributed by atoms with Crippen LogP contribution < -0.4 is 5.32 Å². The van der Waals surface area contributed by atoms with Crippen LogP contribution in [0.2, 0.25) is 10.0 Å². The minimum absolute atomic E-state index is 0.00431. The first kappa shape index (κ1) is 24.0. The summed E-state index contributed by atoms with van der Waals surface area (Å²) in [5.41, 5.74) is 0.640. The van der Waals surface area contributed by atoms with Crippen LogP contribution in [0, 0.1) is 0 Å². The molecule has 0 aliphatic carbocycles. The molecule has 0 unspecified atom stereocenters. The first-order valence-electron chi connectivity index (χ1n) is 9.69. The molecule has 0 saturated heterocycles. The summed E-state index contributed by atoms with van der Waals surface area (Å²) >= 11 is 12.2. The summed E-state index contributed by atoms with van der Waals surface area (Å²) in [6.45, 7) is 1.21. The lowest BCUT2D eigenvalue weighted by Gasteiger charge is -2.29. The van der Waals surface area contributed by atoms with Gasteiger partial charge in [-0.05, 0) is 36.8 Å². The highest BCUT2D eigenvalue weighted by molar-refractivity contribution is 7.90. The Bertz CT molecular complexity index is 1190. The molecular formula is C21H21Cl2N3O5S. The number of halogens is 2. The fourth-order valence-corrected chi connectivity index (χ4v) is 5.46. The molecular weight excluding hydrogens is 477 g/mol. The van der Waals surface area contributed by atoms with E-state index in [9.17, 15) is 22.8 Å². The van der Waals surface area contributed by atoms with Crippen molar-refractivity contribution in [2.75, 3.05) is 13.6 Å². The van der Waals surface area contributed by atoms with Gasteiger partial charge in [-0.25, -0.2) is 12.7 Å². The zero-order valence-corrected chi connectivity index (χ0v) is 19.7. The predicted molar refractivity (Wildman–Crippen MR) is 120 cm³/mol. The molecule has 3 amide bonds. The van der Waals surface area contributed by atoms with E-state index in [1.165, 1.54) is 36.2 Å². The second kappa shape index (κ2) is 9.48. The van der Waals surface area contributed by atoms with Gasteiger partial charge < -0.3 is 10.2 Å². The third kappa shape index (κ3) is 4.60. The number of carbonyl (C=O) groups is 3. The summed E-state index contributed by atoms with van der Waals surface area (Å²) < 4.78 is 26.1. The van der Waals surface area contributed by atoms with Crippen molar-refractivity contribution >= 4 is 50.9 Å². The molecule has 32 heavy (non-hydrogen) atoms. The first-order chi connectivity index (χ1) is 15.1. The average molecular weight is 498 g/mol. The van der Waals surface area contributed by atoms with E-state index in [2.05, 4.69) is 5.32 Å². The number of nitrogens with zero attached hydrogens (tertiary/aromatic N) is 2. The number of hydrogen-bond donors (Lipinski definition) is 1. The number of nitrogens with one attached hydrogen (secondary N) is 1. The zero-order chi connectivity index (χ0) is 23.6. The van der Waals surface area contributed by atoms with Crippen molar-refractivity contribution in [3.8, 4) is 0 Å². The Labute approximate surface area is 196 Å². The number of fused-ring (bicyclic) bond motifs is 1. The molecule has 170 valence electrons. The molecule has 0 fully saturated rings. The van der Waals surface area contributed by atoms with Crippen LogP contribution in [-0.4, -0.2) is 55.0 Å². The van der Waals surface area contributed by atoms with E-state index in [1.807, 2.05) is 0 Å². The van der Waals surface area contributed by atoms with Gasteiger partial charge >= 0.3 is 0 Å². The third-order valence-electron chi connectivity index (χ3n) is 5.21. The van der Waals surface area contributed by atoms with Gasteiger partial charge in [0, 0.05) is 36.6 Å². The molecule has 1 N–H and O–H groups in total. The molecule has 8 nitrogen and oxygen atoms in total. The van der Waals surface area contributed by atoms with Gasteiger partial charge in [0.15, 0.2) is 0 Å². The van der Waals surface area contributed by atoms with Crippen LogP contribution in [0.3, 0.4) is 0 Å². The van der Waals surface area contributed by atoms with Crippen molar-refractivity contribution in [3.63, 3.8) is 0 Å². The van der Waals surface area contributed by atoms with Gasteiger partial charge in [0.1, 0.15) is 10.9 Å². The minimum atomic E-state index is -4.03. The van der Waals surface area contributed by atoms with Gasteiger partial charge in [0.2, 0.25) is 11.8 Å². The molecule has 0 bridgehead atoms. The van der Waals surface area contributed by atoms with Crippen LogP contribution >= 0.6 is 23.2 Å². The number of amides is 3. The quantitative estimate of drug-likeness (QED) is 0.633. The lowest BCUT2D eigenvalue weighted by Crippen LogP contribution is -2.47. The van der Waals surface area contributed by atoms with Crippen LogP contribution in [0.5, 0.6) is 0 Å². The highest BCUT2D eigenvalue weighted by Crippen LogP contribution is 2.30. The van der Waals surface area contributed by atoms with Crippen LogP contribution in [0.4, 0.5) is 0 Å². The maximum Gasteiger partial charge on any atom is 0.269 e. The number of carbonyl (C=O) groups excluding carboxylic acids is 3. The van der Waals surface area contributed by atoms with Crippen molar-refractivity contribution in [2.24, 2.45) is 0 Å². The fourth-order valence-electron chi connectivity index (χ4n) is 3.42. The topological polar surface area (TPSA) is 104 Å². The van der Waals surface area contributed by atoms with Crippen LogP contribution in [0.1, 0.15) is 29.3 Å². The van der Waals surface area contributed by atoms with Crippen molar-refractivity contribution in [1.82, 2.24) is 14.5 Å². The predicted octanol–water partition coefficient (Wildman–Crippen LogP) is 2.69. The second-order valence-corrected chi connectivity index (χ2v) is 9.85. The molecule has 3 rings (SSSR count). The molecule has 0 saturated carbocycles. The summed E-state index contributed by atoms with van der Waals surface area (Å²) in [6.07, 6.45) is -0.300. The van der Waals surface area contributed by atoms with E-state index >= 15 is 0 Å². The molecule has 1 aliphatic rings. The largest absolute Gasteiger partial charge is 0.357 e. The minimum Gasteiger partial charge on any atom is -0.357 e. The molecule has 1 atom stereocenters. The number of hydrogen-bond acceptors (Lipinski definition) is 5. The van der Waals surface area contributed by atoms with E-state index in [1.54, 1.807) is 25.1 Å². The van der Waals surface area contributed by atoms with Crippen molar-refractivity contribution in [3.05, 3.63) is 63.6 Å². The second-order valence-electron chi connectivity index (χ2n) is 7.18. The van der Waals surface area contributed by atoms with Gasteiger partial charge in [-0.2, -0.15) is 0 Å². The molecule has 0 radical (unpaired) electrons. The van der Waals surface area contributed by atoms with Gasteiger partial charge in [-0.15, -0.1) is 0 Å². The Kier molecular flexibility index (Phi) is 7.12. The first-order valence-corrected chi connectivity index (χ1v) is 11.9. The Morgan fingerprint density at radius 3 is 2.47 bits per heavy atom. The van der Waals surface area contributed by atoms with Gasteiger partial charge in [0.25, 0.3) is 15.9 Å². The number of rotatable bonds is 7. The van der Waals surface area contributed by atoms with Crippen molar-refractivity contribution in [2.45, 2.75) is 30.8 Å². The van der Waals surface area contributed by atoms with Crippen LogP contribution in [0.15, 0.2) is 47.4 Å². The van der Waals surface area contributed by atoms with E-state index in [0.29, 0.717) is 19.9 Å². The third-order valence-corrected chi connectivity index (χ3v) is 7.64. The summed E-state index contributed by atoms with van der Waals surface area (Å²) in [4.78, 5) is 39.1. The summed E-state index contributed by atoms with van der Waals surface area (Å²) in [6, 6.07) is 9.81. The molecule has 1 heterocycles. The van der Waals surface area contributed by atoms with E-state index in [4.69, 9.17) is 23.2 Å².